The Bertz CT molecular complexity index is 1740. The number of ether oxygens (including phenoxy) is 3. The van der Waals surface area contributed by atoms with E-state index in [2.05, 4.69) is 43.8 Å². The second-order valence-electron chi connectivity index (χ2n) is 9.51. The summed E-state index contributed by atoms with van der Waals surface area (Å²) in [6.07, 6.45) is 1.43. The quantitative estimate of drug-likeness (QED) is 0.0998. The number of urea groups is 1. The number of hydrogen-bond donors (Lipinski definition) is 1. The highest BCUT2D eigenvalue weighted by Crippen LogP contribution is 2.36. The first-order valence-corrected chi connectivity index (χ1v) is 15.7. The fourth-order valence-corrected chi connectivity index (χ4v) is 5.57. The minimum atomic E-state index is -0.844. The Labute approximate surface area is 281 Å². The van der Waals surface area contributed by atoms with Crippen LogP contribution in [0.15, 0.2) is 95.0 Å². The van der Waals surface area contributed by atoms with Crippen molar-refractivity contribution in [2.75, 3.05) is 11.5 Å². The topological polar surface area (TPSA) is 94.2 Å². The van der Waals surface area contributed by atoms with Gasteiger partial charge < -0.3 is 14.2 Å². The van der Waals surface area contributed by atoms with Crippen molar-refractivity contribution < 1.29 is 28.6 Å². The molecule has 1 N–H and O–H groups in total. The van der Waals surface area contributed by atoms with Gasteiger partial charge in [-0.3, -0.25) is 14.9 Å². The highest BCUT2D eigenvalue weighted by atomic mass is 127. The van der Waals surface area contributed by atoms with Crippen LogP contribution in [-0.2, 0) is 22.8 Å². The van der Waals surface area contributed by atoms with Crippen LogP contribution in [0.3, 0.4) is 0 Å². The van der Waals surface area contributed by atoms with Crippen LogP contribution in [0.25, 0.3) is 6.08 Å². The average molecular weight is 788 g/mol. The standard InChI is InChI=1S/C33H25BrClIN2O6/c1-2-42-29-17-21(16-28(36)30(29)44-18-20-7-9-23(34)10-8-20)15-26-31(39)37-33(41)38(32(26)40)24-11-13-25(14-12-24)43-19-22-5-3-4-6-27(22)35/h3-17H,2,18-19H2,1H3,(H,37,39,41)/b26-15+. The first-order valence-electron chi connectivity index (χ1n) is 13.4. The van der Waals surface area contributed by atoms with E-state index in [-0.39, 0.29) is 17.9 Å². The van der Waals surface area contributed by atoms with Gasteiger partial charge in [0.15, 0.2) is 11.5 Å². The molecule has 0 radical (unpaired) electrons. The molecule has 4 aromatic carbocycles. The Morgan fingerprint density at radius 2 is 1.64 bits per heavy atom. The third kappa shape index (κ3) is 7.43. The Kier molecular flexibility index (Phi) is 10.2. The smallest absolute Gasteiger partial charge is 0.335 e. The minimum absolute atomic E-state index is 0.203. The number of nitrogens with zero attached hydrogens (tertiary/aromatic N) is 1. The normalized spacial score (nSPS) is 14.0. The van der Waals surface area contributed by atoms with E-state index in [1.165, 1.54) is 6.08 Å². The number of benzene rings is 4. The summed E-state index contributed by atoms with van der Waals surface area (Å²) in [5.41, 5.74) is 2.41. The van der Waals surface area contributed by atoms with E-state index in [9.17, 15) is 14.4 Å². The summed E-state index contributed by atoms with van der Waals surface area (Å²) in [7, 11) is 0. The molecular formula is C33H25BrClIN2O6. The molecule has 0 spiro atoms. The summed E-state index contributed by atoms with van der Waals surface area (Å²) >= 11 is 11.8. The maximum absolute atomic E-state index is 13.5. The summed E-state index contributed by atoms with van der Waals surface area (Å²) in [5, 5.41) is 2.85. The minimum Gasteiger partial charge on any atom is -0.490 e. The fourth-order valence-electron chi connectivity index (χ4n) is 4.34. The van der Waals surface area contributed by atoms with Gasteiger partial charge in [0.05, 0.1) is 15.9 Å². The summed E-state index contributed by atoms with van der Waals surface area (Å²) in [5.74, 6) is -0.0183. The van der Waals surface area contributed by atoms with Gasteiger partial charge in [0.2, 0.25) is 0 Å². The molecular weight excluding hydrogens is 763 g/mol. The Morgan fingerprint density at radius 1 is 0.909 bits per heavy atom. The summed E-state index contributed by atoms with van der Waals surface area (Å²) in [4.78, 5) is 40.0. The maximum Gasteiger partial charge on any atom is 0.335 e. The maximum atomic E-state index is 13.5. The number of anilines is 1. The molecule has 4 aromatic rings. The van der Waals surface area contributed by atoms with Crippen LogP contribution in [0.1, 0.15) is 23.6 Å². The lowest BCUT2D eigenvalue weighted by Gasteiger charge is -2.26. The van der Waals surface area contributed by atoms with Gasteiger partial charge in [0.1, 0.15) is 24.5 Å². The molecule has 1 fully saturated rings. The van der Waals surface area contributed by atoms with Crippen molar-refractivity contribution in [2.24, 2.45) is 0 Å². The Morgan fingerprint density at radius 3 is 2.34 bits per heavy atom. The van der Waals surface area contributed by atoms with Crippen LogP contribution < -0.4 is 24.4 Å². The number of nitrogens with one attached hydrogen (secondary N) is 1. The first-order chi connectivity index (χ1) is 21.2. The van der Waals surface area contributed by atoms with Crippen LogP contribution in [-0.4, -0.2) is 24.5 Å². The molecule has 5 rings (SSSR count). The van der Waals surface area contributed by atoms with Gasteiger partial charge in [-0.2, -0.15) is 0 Å². The van der Waals surface area contributed by atoms with E-state index in [1.807, 2.05) is 49.4 Å². The Balaban J connectivity index is 1.36. The lowest BCUT2D eigenvalue weighted by Crippen LogP contribution is -2.54. The van der Waals surface area contributed by atoms with Crippen molar-refractivity contribution >= 4 is 79.7 Å². The molecule has 0 aromatic heterocycles. The summed E-state index contributed by atoms with van der Waals surface area (Å²) in [6.45, 7) is 2.81. The number of halogens is 3. The molecule has 11 heteroatoms. The molecule has 1 aliphatic rings. The van der Waals surface area contributed by atoms with E-state index in [0.717, 1.165) is 24.1 Å². The van der Waals surface area contributed by atoms with Gasteiger partial charge in [-0.1, -0.05) is 57.9 Å². The number of carbonyl (C=O) groups is 3. The number of carbonyl (C=O) groups excluding carboxylic acids is 3. The predicted octanol–water partition coefficient (Wildman–Crippen LogP) is 7.93. The number of imide groups is 2. The van der Waals surface area contributed by atoms with Crippen LogP contribution in [0.5, 0.6) is 17.2 Å². The number of barbiturate groups is 1. The zero-order chi connectivity index (χ0) is 31.2. The molecule has 4 amide bonds. The molecule has 0 atom stereocenters. The fraction of sp³-hybridized carbons (Fsp3) is 0.121. The largest absolute Gasteiger partial charge is 0.490 e. The number of hydrogen-bond acceptors (Lipinski definition) is 6. The van der Waals surface area contributed by atoms with Crippen molar-refractivity contribution in [3.63, 3.8) is 0 Å². The SMILES string of the molecule is CCOc1cc(/C=C2\C(=O)NC(=O)N(c3ccc(OCc4ccccc4Cl)cc3)C2=O)cc(I)c1OCc1ccc(Br)cc1. The zero-order valence-electron chi connectivity index (χ0n) is 23.3. The molecule has 1 heterocycles. The van der Waals surface area contributed by atoms with Gasteiger partial charge in [-0.25, -0.2) is 9.69 Å². The third-order valence-corrected chi connectivity index (χ3v) is 8.19. The molecule has 0 saturated carbocycles. The van der Waals surface area contributed by atoms with Crippen LogP contribution in [0.2, 0.25) is 5.02 Å². The molecule has 0 bridgehead atoms. The lowest BCUT2D eigenvalue weighted by atomic mass is 10.1. The van der Waals surface area contributed by atoms with E-state index in [1.54, 1.807) is 42.5 Å². The average Bonchev–Trinajstić information content (AvgIpc) is 3.00. The molecule has 0 aliphatic carbocycles. The van der Waals surface area contributed by atoms with E-state index >= 15 is 0 Å². The van der Waals surface area contributed by atoms with Crippen molar-refractivity contribution in [2.45, 2.75) is 20.1 Å². The molecule has 1 aliphatic heterocycles. The zero-order valence-corrected chi connectivity index (χ0v) is 27.8. The molecule has 8 nitrogen and oxygen atoms in total. The van der Waals surface area contributed by atoms with Crippen LogP contribution in [0.4, 0.5) is 10.5 Å². The van der Waals surface area contributed by atoms with Gasteiger partial charge in [0, 0.05) is 15.1 Å². The van der Waals surface area contributed by atoms with Crippen LogP contribution >= 0.6 is 50.1 Å². The third-order valence-electron chi connectivity index (χ3n) is 6.49. The number of amides is 4. The van der Waals surface area contributed by atoms with Crippen molar-refractivity contribution in [3.8, 4) is 17.2 Å². The van der Waals surface area contributed by atoms with Crippen molar-refractivity contribution in [1.82, 2.24) is 5.32 Å². The summed E-state index contributed by atoms with van der Waals surface area (Å²) < 4.78 is 19.4. The van der Waals surface area contributed by atoms with Gasteiger partial charge >= 0.3 is 6.03 Å². The highest BCUT2D eigenvalue weighted by molar-refractivity contribution is 14.1. The lowest BCUT2D eigenvalue weighted by molar-refractivity contribution is -0.122. The summed E-state index contributed by atoms with van der Waals surface area (Å²) in [6, 6.07) is 24.2. The molecule has 224 valence electrons. The Hall–Kier alpha value is -3.87. The molecule has 0 unspecified atom stereocenters. The first kappa shape index (κ1) is 31.6. The molecule has 1 saturated heterocycles. The predicted molar refractivity (Wildman–Crippen MR) is 180 cm³/mol. The van der Waals surface area contributed by atoms with E-state index < -0.39 is 17.8 Å². The van der Waals surface area contributed by atoms with Crippen molar-refractivity contribution in [1.29, 1.82) is 0 Å². The van der Waals surface area contributed by atoms with Gasteiger partial charge in [-0.05, 0) is 101 Å². The van der Waals surface area contributed by atoms with E-state index in [4.69, 9.17) is 25.8 Å². The number of rotatable bonds is 10. The second kappa shape index (κ2) is 14.3. The highest BCUT2D eigenvalue weighted by Gasteiger charge is 2.37. The van der Waals surface area contributed by atoms with Crippen molar-refractivity contribution in [3.05, 3.63) is 120 Å². The molecule has 44 heavy (non-hydrogen) atoms. The van der Waals surface area contributed by atoms with Gasteiger partial charge in [0.25, 0.3) is 11.8 Å². The second-order valence-corrected chi connectivity index (χ2v) is 12.0. The van der Waals surface area contributed by atoms with Gasteiger partial charge in [-0.15, -0.1) is 0 Å². The van der Waals surface area contributed by atoms with Crippen LogP contribution in [0, 0.1) is 3.57 Å². The monoisotopic (exact) mass is 786 g/mol. The van der Waals surface area contributed by atoms with E-state index in [0.29, 0.717) is 41.0 Å².